The number of halogens is 1. The van der Waals surface area contributed by atoms with E-state index in [2.05, 4.69) is 9.97 Å². The van der Waals surface area contributed by atoms with E-state index in [1.165, 1.54) is 0 Å². The van der Waals surface area contributed by atoms with Crippen molar-refractivity contribution in [1.29, 1.82) is 0 Å². The lowest BCUT2D eigenvalue weighted by atomic mass is 10.2. The fourth-order valence-electron chi connectivity index (χ4n) is 3.17. The highest BCUT2D eigenvalue weighted by Gasteiger charge is 2.19. The summed E-state index contributed by atoms with van der Waals surface area (Å²) in [5.74, 6) is 1.91. The second kappa shape index (κ2) is 6.14. The summed E-state index contributed by atoms with van der Waals surface area (Å²) >= 11 is 6.48. The molecule has 0 aliphatic carbocycles. The maximum Gasteiger partial charge on any atom is 0.215 e. The molecule has 0 saturated carbocycles. The van der Waals surface area contributed by atoms with E-state index in [1.807, 2.05) is 36.4 Å². The zero-order valence-electron chi connectivity index (χ0n) is 14.9. The van der Waals surface area contributed by atoms with Gasteiger partial charge in [-0.05, 0) is 38.1 Å². The zero-order chi connectivity index (χ0) is 18.4. The van der Waals surface area contributed by atoms with Gasteiger partial charge in [-0.15, -0.1) is 0 Å². The minimum Gasteiger partial charge on any atom is -0.497 e. The second-order valence-electron chi connectivity index (χ2n) is 5.94. The lowest BCUT2D eigenvalue weighted by Crippen LogP contribution is -2.01. The van der Waals surface area contributed by atoms with Crippen LogP contribution in [0.4, 0.5) is 0 Å². The Morgan fingerprint density at radius 1 is 0.923 bits per heavy atom. The highest BCUT2D eigenvalue weighted by Crippen LogP contribution is 2.34. The van der Waals surface area contributed by atoms with Gasteiger partial charge < -0.3 is 9.47 Å². The molecule has 0 aliphatic rings. The predicted molar refractivity (Wildman–Crippen MR) is 101 cm³/mol. The SMILES string of the molecule is COc1ccc(Cl)c(-c2nc(C)c3c(C)nc4ccc(OC)nc4n23)c1. The van der Waals surface area contributed by atoms with Gasteiger partial charge in [0.05, 0.1) is 36.1 Å². The number of hydrogen-bond donors (Lipinski definition) is 0. The van der Waals surface area contributed by atoms with Gasteiger partial charge in [0.25, 0.3) is 0 Å². The highest BCUT2D eigenvalue weighted by molar-refractivity contribution is 6.33. The highest BCUT2D eigenvalue weighted by atomic mass is 35.5. The molecule has 0 aliphatic heterocycles. The quantitative estimate of drug-likeness (QED) is 0.541. The molecule has 3 heterocycles. The molecule has 0 saturated heterocycles. The fourth-order valence-corrected chi connectivity index (χ4v) is 3.37. The Morgan fingerprint density at radius 3 is 2.42 bits per heavy atom. The van der Waals surface area contributed by atoms with Gasteiger partial charge in [0.15, 0.2) is 5.65 Å². The molecule has 26 heavy (non-hydrogen) atoms. The lowest BCUT2D eigenvalue weighted by Gasteiger charge is -2.10. The number of methoxy groups -OCH3 is 2. The molecule has 3 aromatic heterocycles. The van der Waals surface area contributed by atoms with Crippen LogP contribution in [0.1, 0.15) is 11.4 Å². The van der Waals surface area contributed by atoms with Crippen molar-refractivity contribution in [2.24, 2.45) is 0 Å². The smallest absolute Gasteiger partial charge is 0.215 e. The summed E-state index contributed by atoms with van der Waals surface area (Å²) < 4.78 is 12.6. The van der Waals surface area contributed by atoms with Crippen molar-refractivity contribution in [2.75, 3.05) is 14.2 Å². The van der Waals surface area contributed by atoms with Crippen LogP contribution in [0.15, 0.2) is 30.3 Å². The first-order valence-electron chi connectivity index (χ1n) is 8.07. The Labute approximate surface area is 155 Å². The van der Waals surface area contributed by atoms with Gasteiger partial charge >= 0.3 is 0 Å². The average molecular weight is 369 g/mol. The van der Waals surface area contributed by atoms with Crippen molar-refractivity contribution in [1.82, 2.24) is 19.4 Å². The molecule has 1 aromatic carbocycles. The first-order valence-corrected chi connectivity index (χ1v) is 8.45. The van der Waals surface area contributed by atoms with E-state index in [4.69, 9.17) is 26.1 Å². The molecule has 0 bridgehead atoms. The van der Waals surface area contributed by atoms with Crippen molar-refractivity contribution >= 4 is 28.3 Å². The third kappa shape index (κ3) is 2.45. The molecular weight excluding hydrogens is 352 g/mol. The number of ether oxygens (including phenoxy) is 2. The molecular formula is C19H17ClN4O2. The van der Waals surface area contributed by atoms with Gasteiger partial charge in [0.1, 0.15) is 17.1 Å². The van der Waals surface area contributed by atoms with Crippen LogP contribution >= 0.6 is 11.6 Å². The number of nitrogens with zero attached hydrogens (tertiary/aromatic N) is 4. The topological polar surface area (TPSA) is 61.5 Å². The van der Waals surface area contributed by atoms with Gasteiger partial charge in [-0.1, -0.05) is 11.6 Å². The van der Waals surface area contributed by atoms with Crippen LogP contribution in [0.2, 0.25) is 5.02 Å². The van der Waals surface area contributed by atoms with Crippen molar-refractivity contribution in [3.05, 3.63) is 46.7 Å². The van der Waals surface area contributed by atoms with E-state index in [9.17, 15) is 0 Å². The molecule has 0 atom stereocenters. The van der Waals surface area contributed by atoms with Crippen LogP contribution in [-0.2, 0) is 0 Å². The molecule has 0 unspecified atom stereocenters. The molecule has 4 rings (SSSR count). The number of aromatic nitrogens is 4. The molecule has 4 aromatic rings. The zero-order valence-corrected chi connectivity index (χ0v) is 15.6. The van der Waals surface area contributed by atoms with Crippen molar-refractivity contribution in [3.63, 3.8) is 0 Å². The van der Waals surface area contributed by atoms with Crippen LogP contribution in [0.25, 0.3) is 28.1 Å². The Bertz CT molecular complexity index is 1150. The van der Waals surface area contributed by atoms with Gasteiger partial charge in [-0.25, -0.2) is 9.97 Å². The predicted octanol–water partition coefficient (Wildman–Crippen LogP) is 4.23. The minimum absolute atomic E-state index is 0.512. The third-order valence-corrected chi connectivity index (χ3v) is 4.68. The van der Waals surface area contributed by atoms with Crippen LogP contribution in [0.5, 0.6) is 11.6 Å². The maximum atomic E-state index is 6.48. The maximum absolute atomic E-state index is 6.48. The van der Waals surface area contributed by atoms with Crippen LogP contribution in [-0.4, -0.2) is 33.6 Å². The van der Waals surface area contributed by atoms with Gasteiger partial charge in [0, 0.05) is 11.6 Å². The summed E-state index contributed by atoms with van der Waals surface area (Å²) in [4.78, 5) is 14.0. The molecule has 7 heteroatoms. The van der Waals surface area contributed by atoms with E-state index in [1.54, 1.807) is 26.4 Å². The minimum atomic E-state index is 0.512. The molecule has 0 fully saturated rings. The number of imidazole rings is 1. The summed E-state index contributed by atoms with van der Waals surface area (Å²) in [5.41, 5.74) is 4.83. The van der Waals surface area contributed by atoms with Crippen LogP contribution < -0.4 is 9.47 Å². The molecule has 0 amide bonds. The number of aryl methyl sites for hydroxylation is 2. The lowest BCUT2D eigenvalue weighted by molar-refractivity contribution is 0.399. The number of benzene rings is 1. The first-order chi connectivity index (χ1) is 12.5. The molecule has 6 nitrogen and oxygen atoms in total. The van der Waals surface area contributed by atoms with Crippen LogP contribution in [0.3, 0.4) is 0 Å². The summed E-state index contributed by atoms with van der Waals surface area (Å²) in [5, 5.41) is 0.586. The van der Waals surface area contributed by atoms with Gasteiger partial charge in [0.2, 0.25) is 5.88 Å². The van der Waals surface area contributed by atoms with E-state index in [0.717, 1.165) is 28.0 Å². The summed E-state index contributed by atoms with van der Waals surface area (Å²) in [6.45, 7) is 3.91. The normalized spacial score (nSPS) is 11.3. The van der Waals surface area contributed by atoms with E-state index in [0.29, 0.717) is 28.1 Å². The number of rotatable bonds is 3. The molecule has 0 spiro atoms. The Balaban J connectivity index is 2.17. The van der Waals surface area contributed by atoms with Gasteiger partial charge in [-0.3, -0.25) is 4.40 Å². The summed E-state index contributed by atoms with van der Waals surface area (Å²) in [7, 11) is 3.21. The van der Waals surface area contributed by atoms with E-state index < -0.39 is 0 Å². The monoisotopic (exact) mass is 368 g/mol. The Morgan fingerprint density at radius 2 is 1.69 bits per heavy atom. The molecule has 0 radical (unpaired) electrons. The first kappa shape index (κ1) is 16.6. The van der Waals surface area contributed by atoms with E-state index >= 15 is 0 Å². The number of pyridine rings is 1. The second-order valence-corrected chi connectivity index (χ2v) is 6.35. The largest absolute Gasteiger partial charge is 0.497 e. The summed E-state index contributed by atoms with van der Waals surface area (Å²) in [6.07, 6.45) is 0. The number of hydrogen-bond acceptors (Lipinski definition) is 5. The van der Waals surface area contributed by atoms with E-state index in [-0.39, 0.29) is 0 Å². The Hall–Kier alpha value is -2.86. The third-order valence-electron chi connectivity index (χ3n) is 4.35. The number of fused-ring (bicyclic) bond motifs is 3. The Kier molecular flexibility index (Phi) is 3.92. The van der Waals surface area contributed by atoms with Crippen molar-refractivity contribution in [2.45, 2.75) is 13.8 Å². The summed E-state index contributed by atoms with van der Waals surface area (Å²) in [6, 6.07) is 9.18. The van der Waals surface area contributed by atoms with Crippen molar-refractivity contribution in [3.8, 4) is 23.0 Å². The standard InChI is InChI=1S/C19H17ClN4O2/c1-10-17-11(2)22-18(13-9-12(25-3)5-6-14(13)20)24(17)19-15(21-10)7-8-16(23-19)26-4/h5-9H,1-4H3. The van der Waals surface area contributed by atoms with Crippen LogP contribution in [0, 0.1) is 13.8 Å². The fraction of sp³-hybridized carbons (Fsp3) is 0.211. The molecule has 0 N–H and O–H groups in total. The van der Waals surface area contributed by atoms with Crippen molar-refractivity contribution < 1.29 is 9.47 Å². The van der Waals surface area contributed by atoms with Gasteiger partial charge in [-0.2, -0.15) is 4.98 Å². The molecule has 132 valence electrons. The average Bonchev–Trinajstić information content (AvgIpc) is 3.00.